The molecule has 0 saturated carbocycles. The third-order valence-corrected chi connectivity index (χ3v) is 8.14. The van der Waals surface area contributed by atoms with Crippen LogP contribution in [0.4, 0.5) is 13.2 Å². The topological polar surface area (TPSA) is 118 Å². The molecule has 2 heterocycles. The Morgan fingerprint density at radius 3 is 2.31 bits per heavy atom. The van der Waals surface area contributed by atoms with E-state index < -0.39 is 40.1 Å². The third-order valence-electron chi connectivity index (χ3n) is 5.67. The Morgan fingerprint density at radius 1 is 1.05 bits per heavy atom. The maximum Gasteiger partial charge on any atom is 0.416 e. The Hall–Kier alpha value is -3.81. The van der Waals surface area contributed by atoms with Gasteiger partial charge in [-0.05, 0) is 54.1 Å². The zero-order valence-electron chi connectivity index (χ0n) is 20.3. The van der Waals surface area contributed by atoms with Gasteiger partial charge in [-0.25, -0.2) is 13.4 Å². The maximum absolute atomic E-state index is 12.7. The number of hydrogen-bond acceptors (Lipinski definition) is 8. The van der Waals surface area contributed by atoms with Crippen molar-refractivity contribution in [2.75, 3.05) is 12.4 Å². The molecule has 0 aliphatic heterocycles. The average Bonchev–Trinajstić information content (AvgIpc) is 3.40. The molecule has 0 spiro atoms. The van der Waals surface area contributed by atoms with Gasteiger partial charge in [0.25, 0.3) is 11.1 Å². The van der Waals surface area contributed by atoms with Crippen LogP contribution in [0.2, 0.25) is 0 Å². The molecule has 1 amide bonds. The van der Waals surface area contributed by atoms with E-state index in [1.165, 1.54) is 48.7 Å². The second-order valence-corrected chi connectivity index (χ2v) is 11.3. The minimum atomic E-state index is -4.44. The quantitative estimate of drug-likeness (QED) is 0.278. The monoisotopic (exact) mass is 577 g/mol. The number of sulfone groups is 1. The number of benzene rings is 2. The lowest BCUT2D eigenvalue weighted by Crippen LogP contribution is -2.30. The minimum Gasteiger partial charge on any atom is -0.431 e. The fourth-order valence-electron chi connectivity index (χ4n) is 3.46. The summed E-state index contributed by atoms with van der Waals surface area (Å²) < 4.78 is 67.7. The number of ether oxygens (including phenoxy) is 1. The van der Waals surface area contributed by atoms with Gasteiger partial charge in [-0.15, -0.1) is 0 Å². The molecule has 0 saturated heterocycles. The Balaban J connectivity index is 1.40. The highest BCUT2D eigenvalue weighted by molar-refractivity contribution is 7.91. The van der Waals surface area contributed by atoms with Crippen molar-refractivity contribution in [3.63, 3.8) is 0 Å². The van der Waals surface area contributed by atoms with Crippen LogP contribution in [0.5, 0.6) is 10.9 Å². The molecule has 0 unspecified atom stereocenters. The predicted octanol–water partition coefficient (Wildman–Crippen LogP) is 5.27. The van der Waals surface area contributed by atoms with Gasteiger partial charge in [0.2, 0.25) is 0 Å². The van der Waals surface area contributed by atoms with Gasteiger partial charge in [-0.1, -0.05) is 30.4 Å². The number of carbonyl (C=O) groups excluding carboxylic acids is 1. The van der Waals surface area contributed by atoms with Gasteiger partial charge in [0.1, 0.15) is 11.4 Å². The SMILES string of the molecule is CCS(=O)(=O)c1ccc([C@H](CO)NC(=O)c2ccc(-c3csc(Oc4ccc(C(F)(F)F)cc4)n3)nc2)cc1. The predicted molar refractivity (Wildman–Crippen MR) is 138 cm³/mol. The van der Waals surface area contributed by atoms with E-state index in [0.717, 1.165) is 23.5 Å². The summed E-state index contributed by atoms with van der Waals surface area (Å²) in [6.07, 6.45) is -3.10. The van der Waals surface area contributed by atoms with Crippen LogP contribution in [0.1, 0.15) is 34.5 Å². The smallest absolute Gasteiger partial charge is 0.416 e. The lowest BCUT2D eigenvalue weighted by Gasteiger charge is -2.17. The Labute approximate surface area is 226 Å². The van der Waals surface area contributed by atoms with Crippen molar-refractivity contribution in [3.05, 3.63) is 88.9 Å². The molecular formula is C26H22F3N3O5S2. The molecule has 0 aliphatic rings. The Bertz CT molecular complexity index is 1540. The summed E-state index contributed by atoms with van der Waals surface area (Å²) >= 11 is 1.13. The summed E-state index contributed by atoms with van der Waals surface area (Å²) in [6.45, 7) is 1.14. The fourth-order valence-corrected chi connectivity index (χ4v) is 5.03. The van der Waals surface area contributed by atoms with Crippen molar-refractivity contribution in [1.29, 1.82) is 0 Å². The van der Waals surface area contributed by atoms with E-state index in [1.54, 1.807) is 18.4 Å². The second kappa shape index (κ2) is 11.5. The summed E-state index contributed by atoms with van der Waals surface area (Å²) in [5, 5.41) is 14.3. The molecule has 8 nitrogen and oxygen atoms in total. The standard InChI is InChI=1S/C26H22F3N3O5S2/c1-2-39(35,36)20-10-3-16(4-11-20)22(14-33)31-24(34)17-5-12-21(30-13-17)23-15-38-25(32-23)37-19-8-6-18(7-9-19)26(27,28)29/h3-13,15,22,33H,2,14H2,1H3,(H,31,34)/t22-/m0/s1. The van der Waals surface area contributed by atoms with Gasteiger partial charge < -0.3 is 15.2 Å². The number of aliphatic hydroxyl groups is 1. The molecule has 0 aliphatic carbocycles. The number of carbonyl (C=O) groups is 1. The molecule has 2 N–H and O–H groups in total. The van der Waals surface area contributed by atoms with Crippen LogP contribution in [0, 0.1) is 0 Å². The molecule has 2 aromatic heterocycles. The van der Waals surface area contributed by atoms with E-state index in [-0.39, 0.29) is 27.2 Å². The van der Waals surface area contributed by atoms with Crippen LogP contribution < -0.4 is 10.1 Å². The van der Waals surface area contributed by atoms with E-state index in [9.17, 15) is 31.5 Å². The van der Waals surface area contributed by atoms with Crippen molar-refractivity contribution in [3.8, 4) is 22.3 Å². The average molecular weight is 578 g/mol. The van der Waals surface area contributed by atoms with Gasteiger partial charge >= 0.3 is 6.18 Å². The van der Waals surface area contributed by atoms with Gasteiger partial charge in [0.15, 0.2) is 9.84 Å². The summed E-state index contributed by atoms with van der Waals surface area (Å²) in [4.78, 5) is 21.4. The molecule has 4 rings (SSSR count). The Kier molecular flexibility index (Phi) is 8.33. The lowest BCUT2D eigenvalue weighted by atomic mass is 10.1. The third kappa shape index (κ3) is 6.80. The summed E-state index contributed by atoms with van der Waals surface area (Å²) in [5.41, 5.74) is 0.863. The number of nitrogens with one attached hydrogen (secondary N) is 1. The minimum absolute atomic E-state index is 0.0378. The molecule has 2 aromatic carbocycles. The first-order valence-corrected chi connectivity index (χ1v) is 14.0. The van der Waals surface area contributed by atoms with E-state index in [0.29, 0.717) is 17.0 Å². The molecule has 13 heteroatoms. The van der Waals surface area contributed by atoms with E-state index >= 15 is 0 Å². The highest BCUT2D eigenvalue weighted by Gasteiger charge is 2.30. The summed E-state index contributed by atoms with van der Waals surface area (Å²) in [5.74, 6) is -0.337. The lowest BCUT2D eigenvalue weighted by molar-refractivity contribution is -0.137. The van der Waals surface area contributed by atoms with Crippen LogP contribution >= 0.6 is 11.3 Å². The van der Waals surface area contributed by atoms with Gasteiger partial charge in [0, 0.05) is 11.6 Å². The second-order valence-electron chi connectivity index (χ2n) is 8.24. The largest absolute Gasteiger partial charge is 0.431 e. The highest BCUT2D eigenvalue weighted by atomic mass is 32.2. The molecule has 0 fully saturated rings. The van der Waals surface area contributed by atoms with Crippen molar-refractivity contribution in [2.24, 2.45) is 0 Å². The number of halogens is 3. The van der Waals surface area contributed by atoms with Gasteiger partial charge in [0.05, 0.1) is 40.1 Å². The van der Waals surface area contributed by atoms with Crippen LogP contribution in [-0.4, -0.2) is 41.8 Å². The van der Waals surface area contributed by atoms with Crippen molar-refractivity contribution in [2.45, 2.75) is 24.0 Å². The van der Waals surface area contributed by atoms with Crippen molar-refractivity contribution >= 4 is 27.1 Å². The maximum atomic E-state index is 12.7. The molecular weight excluding hydrogens is 555 g/mol. The zero-order valence-corrected chi connectivity index (χ0v) is 22.0. The van der Waals surface area contributed by atoms with Gasteiger partial charge in [-0.2, -0.15) is 13.2 Å². The number of thiazole rings is 1. The van der Waals surface area contributed by atoms with Gasteiger partial charge in [-0.3, -0.25) is 9.78 Å². The number of pyridine rings is 1. The van der Waals surface area contributed by atoms with E-state index in [4.69, 9.17) is 4.74 Å². The zero-order chi connectivity index (χ0) is 28.2. The number of hydrogen-bond donors (Lipinski definition) is 2. The fraction of sp³-hybridized carbons (Fsp3) is 0.192. The summed E-state index contributed by atoms with van der Waals surface area (Å²) in [7, 11) is -3.37. The summed E-state index contributed by atoms with van der Waals surface area (Å²) in [6, 6.07) is 12.5. The van der Waals surface area contributed by atoms with Crippen LogP contribution in [0.25, 0.3) is 11.4 Å². The number of aliphatic hydroxyl groups excluding tert-OH is 1. The van der Waals surface area contributed by atoms with Crippen LogP contribution in [-0.2, 0) is 16.0 Å². The van der Waals surface area contributed by atoms with Crippen molar-refractivity contribution < 1.29 is 36.2 Å². The number of aromatic nitrogens is 2. The normalized spacial score (nSPS) is 12.6. The molecule has 204 valence electrons. The highest BCUT2D eigenvalue weighted by Crippen LogP contribution is 2.33. The van der Waals surface area contributed by atoms with E-state index in [2.05, 4.69) is 15.3 Å². The molecule has 0 radical (unpaired) electrons. The first kappa shape index (κ1) is 28.2. The molecule has 39 heavy (non-hydrogen) atoms. The number of amides is 1. The van der Waals surface area contributed by atoms with Crippen molar-refractivity contribution in [1.82, 2.24) is 15.3 Å². The number of nitrogens with zero attached hydrogens (tertiary/aromatic N) is 2. The number of alkyl halides is 3. The first-order chi connectivity index (χ1) is 18.5. The van der Waals surface area contributed by atoms with Crippen LogP contribution in [0.15, 0.2) is 77.1 Å². The Morgan fingerprint density at radius 2 is 1.74 bits per heavy atom. The molecule has 0 bridgehead atoms. The van der Waals surface area contributed by atoms with Crippen LogP contribution in [0.3, 0.4) is 0 Å². The number of rotatable bonds is 9. The molecule has 1 atom stereocenters. The van der Waals surface area contributed by atoms with E-state index in [1.807, 2.05) is 0 Å². The molecule has 4 aromatic rings. The first-order valence-electron chi connectivity index (χ1n) is 11.5.